The number of methoxy groups -OCH3 is 1. The summed E-state index contributed by atoms with van der Waals surface area (Å²) in [6.45, 7) is 0.421. The first kappa shape index (κ1) is 14.9. The standard InChI is InChI=1S/C17H19NO3/c1-21-16-11-14(7-9-15(16)19)12-18-17(20)10-8-13-5-3-2-4-6-13/h2-7,9,11,19H,8,10,12H2,1H3,(H,18,20). The van der Waals surface area contributed by atoms with Crippen molar-refractivity contribution in [3.63, 3.8) is 0 Å². The number of benzene rings is 2. The summed E-state index contributed by atoms with van der Waals surface area (Å²) in [5, 5.41) is 12.4. The Bertz CT molecular complexity index is 596. The third-order valence-electron chi connectivity index (χ3n) is 3.22. The zero-order valence-electron chi connectivity index (χ0n) is 12.0. The summed E-state index contributed by atoms with van der Waals surface area (Å²) in [5.41, 5.74) is 2.04. The summed E-state index contributed by atoms with van der Waals surface area (Å²) in [6.07, 6.45) is 1.19. The van der Waals surface area contributed by atoms with Crippen LogP contribution in [0.4, 0.5) is 0 Å². The van der Waals surface area contributed by atoms with Gasteiger partial charge in [-0.15, -0.1) is 0 Å². The molecule has 21 heavy (non-hydrogen) atoms. The van der Waals surface area contributed by atoms with Gasteiger partial charge in [-0.25, -0.2) is 0 Å². The van der Waals surface area contributed by atoms with Gasteiger partial charge in [0.15, 0.2) is 11.5 Å². The lowest BCUT2D eigenvalue weighted by Crippen LogP contribution is -2.22. The van der Waals surface area contributed by atoms with Crippen LogP contribution in [0, 0.1) is 0 Å². The maximum atomic E-state index is 11.8. The van der Waals surface area contributed by atoms with Crippen LogP contribution in [0.1, 0.15) is 17.5 Å². The minimum Gasteiger partial charge on any atom is -0.504 e. The summed E-state index contributed by atoms with van der Waals surface area (Å²) in [7, 11) is 1.50. The number of rotatable bonds is 6. The average molecular weight is 285 g/mol. The van der Waals surface area contributed by atoms with Crippen molar-refractivity contribution in [2.45, 2.75) is 19.4 Å². The fourth-order valence-corrected chi connectivity index (χ4v) is 2.02. The maximum absolute atomic E-state index is 11.8. The topological polar surface area (TPSA) is 58.6 Å². The van der Waals surface area contributed by atoms with Crippen molar-refractivity contribution in [1.82, 2.24) is 5.32 Å². The molecule has 0 aliphatic heterocycles. The number of hydrogen-bond acceptors (Lipinski definition) is 3. The van der Waals surface area contributed by atoms with Crippen molar-refractivity contribution in [1.29, 1.82) is 0 Å². The smallest absolute Gasteiger partial charge is 0.220 e. The van der Waals surface area contributed by atoms with Crippen LogP contribution in [0.15, 0.2) is 48.5 Å². The van der Waals surface area contributed by atoms with E-state index in [1.54, 1.807) is 18.2 Å². The average Bonchev–Trinajstić information content (AvgIpc) is 2.53. The van der Waals surface area contributed by atoms with E-state index in [2.05, 4.69) is 5.32 Å². The van der Waals surface area contributed by atoms with Gasteiger partial charge in [0.05, 0.1) is 7.11 Å². The quantitative estimate of drug-likeness (QED) is 0.858. The van der Waals surface area contributed by atoms with Gasteiger partial charge in [0.1, 0.15) is 0 Å². The summed E-state index contributed by atoms with van der Waals surface area (Å²) in [5.74, 6) is 0.508. The van der Waals surface area contributed by atoms with Gasteiger partial charge in [0.2, 0.25) is 5.91 Å². The highest BCUT2D eigenvalue weighted by Gasteiger charge is 2.05. The lowest BCUT2D eigenvalue weighted by molar-refractivity contribution is -0.121. The zero-order chi connectivity index (χ0) is 15.1. The first-order valence-electron chi connectivity index (χ1n) is 6.85. The fraction of sp³-hybridized carbons (Fsp3) is 0.235. The summed E-state index contributed by atoms with van der Waals surface area (Å²) in [6, 6.07) is 15.0. The van der Waals surface area contributed by atoms with Gasteiger partial charge in [-0.05, 0) is 29.7 Å². The molecular formula is C17H19NO3. The van der Waals surface area contributed by atoms with Crippen LogP contribution in [0.3, 0.4) is 0 Å². The van der Waals surface area contributed by atoms with Crippen molar-refractivity contribution in [3.8, 4) is 11.5 Å². The van der Waals surface area contributed by atoms with Crippen LogP contribution in [0.5, 0.6) is 11.5 Å². The fourth-order valence-electron chi connectivity index (χ4n) is 2.02. The molecule has 0 unspecified atom stereocenters. The molecule has 2 aromatic rings. The first-order valence-corrected chi connectivity index (χ1v) is 6.85. The highest BCUT2D eigenvalue weighted by atomic mass is 16.5. The number of aryl methyl sites for hydroxylation is 1. The van der Waals surface area contributed by atoms with Crippen molar-refractivity contribution >= 4 is 5.91 Å². The van der Waals surface area contributed by atoms with Crippen molar-refractivity contribution < 1.29 is 14.6 Å². The zero-order valence-corrected chi connectivity index (χ0v) is 12.0. The number of hydrogen-bond donors (Lipinski definition) is 2. The van der Waals surface area contributed by atoms with Gasteiger partial charge >= 0.3 is 0 Å². The molecule has 110 valence electrons. The van der Waals surface area contributed by atoms with E-state index < -0.39 is 0 Å². The molecule has 4 nitrogen and oxygen atoms in total. The molecule has 0 heterocycles. The summed E-state index contributed by atoms with van der Waals surface area (Å²) in [4.78, 5) is 11.8. The predicted octanol–water partition coefficient (Wildman–Crippen LogP) is 2.65. The molecule has 2 aromatic carbocycles. The van der Waals surface area contributed by atoms with E-state index in [9.17, 15) is 9.90 Å². The molecule has 1 amide bonds. The number of nitrogens with one attached hydrogen (secondary N) is 1. The maximum Gasteiger partial charge on any atom is 0.220 e. The highest BCUT2D eigenvalue weighted by molar-refractivity contribution is 5.76. The number of carbonyl (C=O) groups is 1. The van der Waals surface area contributed by atoms with E-state index in [0.717, 1.165) is 17.5 Å². The minimum absolute atomic E-state index is 0.00546. The largest absolute Gasteiger partial charge is 0.504 e. The molecule has 0 fully saturated rings. The Hall–Kier alpha value is -2.49. The Kier molecular flexibility index (Phi) is 5.21. The van der Waals surface area contributed by atoms with E-state index >= 15 is 0 Å². The summed E-state index contributed by atoms with van der Waals surface area (Å²) < 4.78 is 5.04. The molecule has 0 bridgehead atoms. The number of amides is 1. The molecule has 0 radical (unpaired) electrons. The van der Waals surface area contributed by atoms with Gasteiger partial charge in [-0.1, -0.05) is 36.4 Å². The second kappa shape index (κ2) is 7.33. The minimum atomic E-state index is 0.00546. The highest BCUT2D eigenvalue weighted by Crippen LogP contribution is 2.26. The van der Waals surface area contributed by atoms with E-state index in [1.807, 2.05) is 30.3 Å². The lowest BCUT2D eigenvalue weighted by Gasteiger charge is -2.08. The Morgan fingerprint density at radius 2 is 1.90 bits per heavy atom. The second-order valence-corrected chi connectivity index (χ2v) is 4.77. The van der Waals surface area contributed by atoms with Crippen LogP contribution < -0.4 is 10.1 Å². The third kappa shape index (κ3) is 4.53. The van der Waals surface area contributed by atoms with E-state index in [1.165, 1.54) is 7.11 Å². The second-order valence-electron chi connectivity index (χ2n) is 4.77. The number of aromatic hydroxyl groups is 1. The van der Waals surface area contributed by atoms with Crippen LogP contribution in [-0.4, -0.2) is 18.1 Å². The Labute approximate surface area is 124 Å². The van der Waals surface area contributed by atoms with E-state index in [-0.39, 0.29) is 11.7 Å². The normalized spacial score (nSPS) is 10.1. The van der Waals surface area contributed by atoms with Gasteiger partial charge in [-0.2, -0.15) is 0 Å². The van der Waals surface area contributed by atoms with Crippen LogP contribution in [-0.2, 0) is 17.8 Å². The molecular weight excluding hydrogens is 266 g/mol. The monoisotopic (exact) mass is 285 g/mol. The first-order chi connectivity index (χ1) is 10.2. The summed E-state index contributed by atoms with van der Waals surface area (Å²) >= 11 is 0. The molecule has 0 aliphatic rings. The molecule has 0 aromatic heterocycles. The van der Waals surface area contributed by atoms with Gasteiger partial charge in [0.25, 0.3) is 0 Å². The van der Waals surface area contributed by atoms with Gasteiger partial charge in [0, 0.05) is 13.0 Å². The number of phenolic OH excluding ortho intramolecular Hbond substituents is 1. The van der Waals surface area contributed by atoms with Crippen molar-refractivity contribution in [3.05, 3.63) is 59.7 Å². The Morgan fingerprint density at radius 3 is 2.62 bits per heavy atom. The predicted molar refractivity (Wildman–Crippen MR) is 81.3 cm³/mol. The molecule has 0 saturated heterocycles. The molecule has 0 spiro atoms. The van der Waals surface area contributed by atoms with Crippen molar-refractivity contribution in [2.75, 3.05) is 7.11 Å². The van der Waals surface area contributed by atoms with Crippen molar-refractivity contribution in [2.24, 2.45) is 0 Å². The molecule has 0 aliphatic carbocycles. The molecule has 0 saturated carbocycles. The molecule has 2 rings (SSSR count). The SMILES string of the molecule is COc1cc(CNC(=O)CCc2ccccc2)ccc1O. The molecule has 4 heteroatoms. The third-order valence-corrected chi connectivity index (χ3v) is 3.22. The Morgan fingerprint density at radius 1 is 1.14 bits per heavy atom. The van der Waals surface area contributed by atoms with Crippen LogP contribution in [0.25, 0.3) is 0 Å². The Balaban J connectivity index is 1.81. The van der Waals surface area contributed by atoms with E-state index in [4.69, 9.17) is 4.74 Å². The number of carbonyl (C=O) groups excluding carboxylic acids is 1. The lowest BCUT2D eigenvalue weighted by atomic mass is 10.1. The van der Waals surface area contributed by atoms with Gasteiger partial charge < -0.3 is 15.2 Å². The number of phenols is 1. The number of ether oxygens (including phenoxy) is 1. The molecule has 0 atom stereocenters. The molecule has 2 N–H and O–H groups in total. The van der Waals surface area contributed by atoms with Crippen LogP contribution >= 0.6 is 0 Å². The van der Waals surface area contributed by atoms with Crippen LogP contribution in [0.2, 0.25) is 0 Å². The van der Waals surface area contributed by atoms with Gasteiger partial charge in [-0.3, -0.25) is 4.79 Å². The van der Waals surface area contributed by atoms with E-state index in [0.29, 0.717) is 18.7 Å².